The third-order valence-electron chi connectivity index (χ3n) is 6.88. The molecule has 2 aliphatic heterocycles. The minimum Gasteiger partial charge on any atom is -0.442 e. The van der Waals surface area contributed by atoms with Crippen molar-refractivity contribution in [3.63, 3.8) is 0 Å². The molecular weight excluding hydrogens is 420 g/mol. The second-order valence-electron chi connectivity index (χ2n) is 8.72. The van der Waals surface area contributed by atoms with Gasteiger partial charge in [0.05, 0.1) is 30.1 Å². The van der Waals surface area contributed by atoms with E-state index in [1.807, 2.05) is 30.3 Å². The van der Waals surface area contributed by atoms with Crippen molar-refractivity contribution in [3.8, 4) is 12.1 Å². The molecule has 0 spiro atoms. The zero-order valence-electron chi connectivity index (χ0n) is 18.1. The quantitative estimate of drug-likeness (QED) is 0.751. The molecule has 4 atom stereocenters. The van der Waals surface area contributed by atoms with Gasteiger partial charge in [-0.1, -0.05) is 12.1 Å². The molecular formula is C24H22N6O3. The number of fused-ring (bicyclic) bond motifs is 1. The van der Waals surface area contributed by atoms with Gasteiger partial charge in [0.2, 0.25) is 5.91 Å². The molecule has 9 heteroatoms. The van der Waals surface area contributed by atoms with E-state index < -0.39 is 17.6 Å². The Kier molecular flexibility index (Phi) is 4.90. The fourth-order valence-corrected chi connectivity index (χ4v) is 5.13. The number of rotatable bonds is 5. The third kappa shape index (κ3) is 3.42. The number of benzene rings is 1. The molecule has 1 N–H and O–H groups in total. The Hall–Kier alpha value is -4.11. The van der Waals surface area contributed by atoms with Crippen LogP contribution in [0.4, 0.5) is 16.3 Å². The summed E-state index contributed by atoms with van der Waals surface area (Å²) in [6, 6.07) is 15.8. The van der Waals surface area contributed by atoms with E-state index in [0.29, 0.717) is 17.8 Å². The van der Waals surface area contributed by atoms with Gasteiger partial charge < -0.3 is 15.0 Å². The van der Waals surface area contributed by atoms with Gasteiger partial charge in [-0.15, -0.1) is 0 Å². The lowest BCUT2D eigenvalue weighted by Gasteiger charge is -2.24. The van der Waals surface area contributed by atoms with Crippen molar-refractivity contribution in [2.75, 3.05) is 36.0 Å². The monoisotopic (exact) mass is 442 g/mol. The maximum Gasteiger partial charge on any atom is 0.414 e. The maximum atomic E-state index is 12.3. The number of carbonyl (C=O) groups is 2. The second kappa shape index (κ2) is 7.79. The molecule has 33 heavy (non-hydrogen) atoms. The zero-order chi connectivity index (χ0) is 23.2. The Morgan fingerprint density at radius 1 is 1.18 bits per heavy atom. The highest BCUT2D eigenvalue weighted by Crippen LogP contribution is 2.63. The van der Waals surface area contributed by atoms with Crippen molar-refractivity contribution in [1.82, 2.24) is 10.3 Å². The van der Waals surface area contributed by atoms with Gasteiger partial charge in [-0.05, 0) is 29.8 Å². The summed E-state index contributed by atoms with van der Waals surface area (Å²) in [5, 5.41) is 21.7. The predicted octanol–water partition coefficient (Wildman–Crippen LogP) is 1.94. The zero-order valence-corrected chi connectivity index (χ0v) is 18.1. The number of hydrogen-bond acceptors (Lipinski definition) is 7. The van der Waals surface area contributed by atoms with Crippen LogP contribution in [0, 0.1) is 34.5 Å². The number of amides is 2. The van der Waals surface area contributed by atoms with Crippen LogP contribution < -0.4 is 15.1 Å². The Bertz CT molecular complexity index is 1170. The average Bonchev–Trinajstić information content (AvgIpc) is 3.11. The number of nitrogens with zero attached hydrogens (tertiary/aromatic N) is 5. The van der Waals surface area contributed by atoms with Gasteiger partial charge in [0, 0.05) is 43.7 Å². The summed E-state index contributed by atoms with van der Waals surface area (Å²) in [4.78, 5) is 31.4. The first kappa shape index (κ1) is 20.8. The average molecular weight is 442 g/mol. The summed E-state index contributed by atoms with van der Waals surface area (Å²) in [5.74, 6) is 1.08. The first-order chi connectivity index (χ1) is 16.0. The molecule has 3 fully saturated rings. The summed E-state index contributed by atoms with van der Waals surface area (Å²) in [6.45, 7) is 3.54. The largest absolute Gasteiger partial charge is 0.442 e. The van der Waals surface area contributed by atoms with Gasteiger partial charge in [-0.3, -0.25) is 9.69 Å². The van der Waals surface area contributed by atoms with E-state index in [1.54, 1.807) is 17.2 Å². The molecule has 0 bridgehead atoms. The number of piperidine rings is 1. The second-order valence-corrected chi connectivity index (χ2v) is 8.72. The van der Waals surface area contributed by atoms with Gasteiger partial charge in [0.25, 0.3) is 0 Å². The van der Waals surface area contributed by atoms with Crippen molar-refractivity contribution in [2.24, 2.45) is 11.8 Å². The molecule has 2 saturated heterocycles. The van der Waals surface area contributed by atoms with E-state index in [1.165, 1.54) is 6.92 Å². The first-order valence-corrected chi connectivity index (χ1v) is 10.8. The summed E-state index contributed by atoms with van der Waals surface area (Å²) in [7, 11) is 0. The molecule has 1 saturated carbocycles. The SMILES string of the molecule is CC(=O)NC[C@H]1CN(c2ccc(C3(C#N)[C@@H]4CN(c5ccc(C#N)cn5)C[C@@H]43)cc2)C(=O)O1. The van der Waals surface area contributed by atoms with Crippen LogP contribution in [0.5, 0.6) is 0 Å². The van der Waals surface area contributed by atoms with Crippen LogP contribution in [0.1, 0.15) is 18.1 Å². The van der Waals surface area contributed by atoms with E-state index in [2.05, 4.69) is 27.3 Å². The number of pyridine rings is 1. The Morgan fingerprint density at radius 2 is 1.91 bits per heavy atom. The smallest absolute Gasteiger partial charge is 0.414 e. The van der Waals surface area contributed by atoms with Gasteiger partial charge in [-0.25, -0.2) is 9.78 Å². The molecule has 2 aromatic rings. The highest BCUT2D eigenvalue weighted by Gasteiger charge is 2.70. The summed E-state index contributed by atoms with van der Waals surface area (Å²) >= 11 is 0. The summed E-state index contributed by atoms with van der Waals surface area (Å²) in [6.07, 6.45) is 0.734. The van der Waals surface area contributed by atoms with Crippen LogP contribution in [0.25, 0.3) is 0 Å². The number of hydrogen-bond donors (Lipinski definition) is 1. The van der Waals surface area contributed by atoms with E-state index >= 15 is 0 Å². The lowest BCUT2D eigenvalue weighted by molar-refractivity contribution is -0.119. The number of nitriles is 2. The Balaban J connectivity index is 1.26. The van der Waals surface area contributed by atoms with Crippen LogP contribution in [0.3, 0.4) is 0 Å². The predicted molar refractivity (Wildman–Crippen MR) is 118 cm³/mol. The van der Waals surface area contributed by atoms with E-state index in [9.17, 15) is 14.9 Å². The molecule has 1 aromatic carbocycles. The Morgan fingerprint density at radius 3 is 2.48 bits per heavy atom. The minimum absolute atomic E-state index is 0.167. The topological polar surface area (TPSA) is 122 Å². The number of ether oxygens (including phenoxy) is 1. The van der Waals surface area contributed by atoms with Crippen molar-refractivity contribution >= 4 is 23.5 Å². The van der Waals surface area contributed by atoms with E-state index in [0.717, 1.165) is 24.5 Å². The van der Waals surface area contributed by atoms with E-state index in [4.69, 9.17) is 10.00 Å². The van der Waals surface area contributed by atoms with Crippen LogP contribution in [-0.4, -0.2) is 49.3 Å². The fraction of sp³-hybridized carbons (Fsp3) is 0.375. The van der Waals surface area contributed by atoms with Gasteiger partial charge in [0.15, 0.2) is 0 Å². The van der Waals surface area contributed by atoms with Crippen LogP contribution in [-0.2, 0) is 14.9 Å². The Labute approximate surface area is 191 Å². The first-order valence-electron chi connectivity index (χ1n) is 10.8. The number of carbonyl (C=O) groups excluding carboxylic acids is 2. The molecule has 9 nitrogen and oxygen atoms in total. The number of cyclic esters (lactones) is 1. The highest BCUT2D eigenvalue weighted by atomic mass is 16.6. The molecule has 2 amide bonds. The number of anilines is 2. The summed E-state index contributed by atoms with van der Waals surface area (Å²) in [5.41, 5.74) is 1.66. The van der Waals surface area contributed by atoms with Gasteiger partial charge >= 0.3 is 6.09 Å². The lowest BCUT2D eigenvalue weighted by atomic mass is 9.91. The molecule has 5 rings (SSSR count). The summed E-state index contributed by atoms with van der Waals surface area (Å²) < 4.78 is 5.33. The van der Waals surface area contributed by atoms with Crippen LogP contribution in [0.2, 0.25) is 0 Å². The van der Waals surface area contributed by atoms with Gasteiger partial charge in [-0.2, -0.15) is 10.5 Å². The standard InChI is InChI=1S/C24H22N6O3/c1-15(31)27-10-19-11-30(23(32)33-19)18-5-3-17(4-6-18)24(14-26)20-12-29(13-21(20)24)22-7-2-16(8-25)9-28-22/h2-7,9,19-21H,10-13H2,1H3,(H,27,31)/t19-,20-,21+,24?/m0/s1. The molecule has 166 valence electrons. The van der Waals surface area contributed by atoms with Crippen molar-refractivity contribution in [3.05, 3.63) is 53.7 Å². The normalized spacial score (nSPS) is 27.4. The number of nitrogens with one attached hydrogen (secondary N) is 1. The molecule has 1 aromatic heterocycles. The fourth-order valence-electron chi connectivity index (χ4n) is 5.13. The molecule has 1 aliphatic carbocycles. The van der Waals surface area contributed by atoms with E-state index in [-0.39, 0.29) is 24.3 Å². The molecule has 3 aliphatic rings. The van der Waals surface area contributed by atoms with Crippen LogP contribution in [0.15, 0.2) is 42.6 Å². The van der Waals surface area contributed by atoms with Crippen molar-refractivity contribution < 1.29 is 14.3 Å². The third-order valence-corrected chi connectivity index (χ3v) is 6.88. The molecule has 0 radical (unpaired) electrons. The molecule has 3 heterocycles. The number of aromatic nitrogens is 1. The van der Waals surface area contributed by atoms with Crippen molar-refractivity contribution in [2.45, 2.75) is 18.4 Å². The maximum absolute atomic E-state index is 12.3. The van der Waals surface area contributed by atoms with Crippen molar-refractivity contribution in [1.29, 1.82) is 10.5 Å². The molecule has 1 unspecified atom stereocenters. The van der Waals surface area contributed by atoms with Crippen LogP contribution >= 0.6 is 0 Å². The van der Waals surface area contributed by atoms with Gasteiger partial charge in [0.1, 0.15) is 18.0 Å². The highest BCUT2D eigenvalue weighted by molar-refractivity contribution is 5.89. The minimum atomic E-state index is -0.527. The lowest BCUT2D eigenvalue weighted by Crippen LogP contribution is -2.33.